The molecule has 0 saturated carbocycles. The number of nitrogens with two attached hydrogens (primary N) is 1. The first-order valence-electron chi connectivity index (χ1n) is 7.23. The molecule has 0 radical (unpaired) electrons. The Bertz CT molecular complexity index is 559. The Labute approximate surface area is 121 Å². The standard InChI is InChI=1S/C16H24N4/c1-4-14-10-16(20(5-2)18-14)12-19(3)15-8-6-7-13(9-15)11-17/h6-10H,4-5,11-12,17H2,1-3H3. The van der Waals surface area contributed by atoms with Gasteiger partial charge in [-0.1, -0.05) is 19.1 Å². The van der Waals surface area contributed by atoms with E-state index >= 15 is 0 Å². The lowest BCUT2D eigenvalue weighted by Crippen LogP contribution is -2.19. The van der Waals surface area contributed by atoms with Crippen molar-refractivity contribution in [3.63, 3.8) is 0 Å². The molecule has 4 nitrogen and oxygen atoms in total. The fraction of sp³-hybridized carbons (Fsp3) is 0.438. The number of hydrogen-bond acceptors (Lipinski definition) is 3. The number of aryl methyl sites for hydroxylation is 2. The van der Waals surface area contributed by atoms with E-state index in [-0.39, 0.29) is 0 Å². The molecule has 2 N–H and O–H groups in total. The van der Waals surface area contributed by atoms with Crippen molar-refractivity contribution >= 4 is 5.69 Å². The highest BCUT2D eigenvalue weighted by molar-refractivity contribution is 5.48. The molecular weight excluding hydrogens is 248 g/mol. The van der Waals surface area contributed by atoms with Crippen LogP contribution in [0, 0.1) is 0 Å². The number of rotatable bonds is 6. The van der Waals surface area contributed by atoms with Crippen molar-refractivity contribution in [2.75, 3.05) is 11.9 Å². The van der Waals surface area contributed by atoms with Gasteiger partial charge in [0.05, 0.1) is 17.9 Å². The molecule has 0 spiro atoms. The van der Waals surface area contributed by atoms with Crippen LogP contribution in [0.2, 0.25) is 0 Å². The highest BCUT2D eigenvalue weighted by Crippen LogP contribution is 2.18. The molecule has 20 heavy (non-hydrogen) atoms. The van der Waals surface area contributed by atoms with Crippen molar-refractivity contribution in [1.29, 1.82) is 0 Å². The Morgan fingerprint density at radius 1 is 1.25 bits per heavy atom. The van der Waals surface area contributed by atoms with Crippen LogP contribution < -0.4 is 10.6 Å². The molecule has 0 atom stereocenters. The first kappa shape index (κ1) is 14.6. The maximum atomic E-state index is 5.71. The predicted molar refractivity (Wildman–Crippen MR) is 83.7 cm³/mol. The lowest BCUT2D eigenvalue weighted by atomic mass is 10.2. The molecule has 2 aromatic rings. The summed E-state index contributed by atoms with van der Waals surface area (Å²) < 4.78 is 2.09. The molecule has 0 aliphatic rings. The molecule has 0 unspecified atom stereocenters. The van der Waals surface area contributed by atoms with Gasteiger partial charge in [-0.25, -0.2) is 0 Å². The van der Waals surface area contributed by atoms with Crippen LogP contribution in [0.15, 0.2) is 30.3 Å². The monoisotopic (exact) mass is 272 g/mol. The third-order valence-corrected chi connectivity index (χ3v) is 3.56. The quantitative estimate of drug-likeness (QED) is 0.879. The molecule has 0 fully saturated rings. The zero-order valence-corrected chi connectivity index (χ0v) is 12.6. The van der Waals surface area contributed by atoms with Gasteiger partial charge in [-0.2, -0.15) is 5.10 Å². The van der Waals surface area contributed by atoms with Gasteiger partial charge in [0.1, 0.15) is 0 Å². The summed E-state index contributed by atoms with van der Waals surface area (Å²) >= 11 is 0. The summed E-state index contributed by atoms with van der Waals surface area (Å²) in [6, 6.07) is 10.6. The van der Waals surface area contributed by atoms with E-state index in [0.29, 0.717) is 6.54 Å². The highest BCUT2D eigenvalue weighted by Gasteiger charge is 2.09. The number of nitrogens with zero attached hydrogens (tertiary/aromatic N) is 3. The molecule has 1 heterocycles. The second-order valence-electron chi connectivity index (χ2n) is 5.03. The second-order valence-corrected chi connectivity index (χ2v) is 5.03. The average molecular weight is 272 g/mol. The van der Waals surface area contributed by atoms with E-state index in [2.05, 4.69) is 65.9 Å². The molecule has 0 bridgehead atoms. The largest absolute Gasteiger partial charge is 0.369 e. The van der Waals surface area contributed by atoms with Crippen LogP contribution in [0.5, 0.6) is 0 Å². The Morgan fingerprint density at radius 3 is 2.70 bits per heavy atom. The molecule has 0 saturated heterocycles. The minimum atomic E-state index is 0.578. The molecule has 1 aromatic carbocycles. The van der Waals surface area contributed by atoms with Crippen LogP contribution in [0.1, 0.15) is 30.8 Å². The Kier molecular flexibility index (Phi) is 4.79. The smallest absolute Gasteiger partial charge is 0.0625 e. The van der Waals surface area contributed by atoms with Crippen molar-refractivity contribution in [1.82, 2.24) is 9.78 Å². The molecule has 1 aromatic heterocycles. The van der Waals surface area contributed by atoms with Crippen molar-refractivity contribution in [3.8, 4) is 0 Å². The van der Waals surface area contributed by atoms with Crippen molar-refractivity contribution < 1.29 is 0 Å². The van der Waals surface area contributed by atoms with E-state index in [0.717, 1.165) is 30.8 Å². The van der Waals surface area contributed by atoms with Crippen LogP contribution in [0.3, 0.4) is 0 Å². The normalized spacial score (nSPS) is 10.8. The first-order valence-corrected chi connectivity index (χ1v) is 7.23. The maximum Gasteiger partial charge on any atom is 0.0625 e. The third-order valence-electron chi connectivity index (χ3n) is 3.56. The Hall–Kier alpha value is -1.81. The topological polar surface area (TPSA) is 47.1 Å². The SMILES string of the molecule is CCc1cc(CN(C)c2cccc(CN)c2)n(CC)n1. The summed E-state index contributed by atoms with van der Waals surface area (Å²) in [6.45, 7) is 6.61. The fourth-order valence-corrected chi connectivity index (χ4v) is 2.34. The van der Waals surface area contributed by atoms with Crippen molar-refractivity contribution in [2.24, 2.45) is 5.73 Å². The van der Waals surface area contributed by atoms with Gasteiger partial charge in [0.25, 0.3) is 0 Å². The number of benzene rings is 1. The van der Waals surface area contributed by atoms with Gasteiger partial charge in [0, 0.05) is 25.8 Å². The van der Waals surface area contributed by atoms with E-state index in [1.807, 2.05) is 0 Å². The lowest BCUT2D eigenvalue weighted by Gasteiger charge is -2.20. The van der Waals surface area contributed by atoms with Gasteiger partial charge in [0.2, 0.25) is 0 Å². The summed E-state index contributed by atoms with van der Waals surface area (Å²) in [6.07, 6.45) is 0.979. The van der Waals surface area contributed by atoms with E-state index < -0.39 is 0 Å². The van der Waals surface area contributed by atoms with Crippen LogP contribution in [-0.4, -0.2) is 16.8 Å². The molecule has 4 heteroatoms. The summed E-state index contributed by atoms with van der Waals surface area (Å²) in [7, 11) is 2.11. The van der Waals surface area contributed by atoms with E-state index in [4.69, 9.17) is 5.73 Å². The first-order chi connectivity index (χ1) is 9.67. The molecule has 0 amide bonds. The maximum absolute atomic E-state index is 5.71. The molecule has 0 aliphatic carbocycles. The van der Waals surface area contributed by atoms with Crippen LogP contribution in [0.25, 0.3) is 0 Å². The number of anilines is 1. The predicted octanol–water partition coefficient (Wildman–Crippen LogP) is 2.56. The molecular formula is C16H24N4. The van der Waals surface area contributed by atoms with Gasteiger partial charge in [-0.15, -0.1) is 0 Å². The van der Waals surface area contributed by atoms with Crippen molar-refractivity contribution in [2.45, 2.75) is 39.9 Å². The number of hydrogen-bond donors (Lipinski definition) is 1. The fourth-order valence-electron chi connectivity index (χ4n) is 2.34. The van der Waals surface area contributed by atoms with Gasteiger partial charge in [-0.3, -0.25) is 4.68 Å². The average Bonchev–Trinajstić information content (AvgIpc) is 2.89. The molecule has 108 valence electrons. The summed E-state index contributed by atoms with van der Waals surface area (Å²) in [5, 5.41) is 4.60. The Morgan fingerprint density at radius 2 is 2.05 bits per heavy atom. The lowest BCUT2D eigenvalue weighted by molar-refractivity contribution is 0.610. The van der Waals surface area contributed by atoms with Crippen LogP contribution >= 0.6 is 0 Å². The zero-order valence-electron chi connectivity index (χ0n) is 12.6. The van der Waals surface area contributed by atoms with Gasteiger partial charge in [-0.05, 0) is 37.1 Å². The van der Waals surface area contributed by atoms with Gasteiger partial charge >= 0.3 is 0 Å². The van der Waals surface area contributed by atoms with Crippen molar-refractivity contribution in [3.05, 3.63) is 47.3 Å². The highest BCUT2D eigenvalue weighted by atomic mass is 15.3. The van der Waals surface area contributed by atoms with E-state index in [9.17, 15) is 0 Å². The summed E-state index contributed by atoms with van der Waals surface area (Å²) in [5.41, 5.74) is 10.5. The van der Waals surface area contributed by atoms with Crippen LogP contribution in [-0.2, 0) is 26.1 Å². The van der Waals surface area contributed by atoms with Gasteiger partial charge < -0.3 is 10.6 Å². The van der Waals surface area contributed by atoms with Crippen LogP contribution in [0.4, 0.5) is 5.69 Å². The molecule has 2 rings (SSSR count). The van der Waals surface area contributed by atoms with E-state index in [1.54, 1.807) is 0 Å². The zero-order chi connectivity index (χ0) is 14.5. The minimum Gasteiger partial charge on any atom is -0.369 e. The Balaban J connectivity index is 2.18. The van der Waals surface area contributed by atoms with E-state index in [1.165, 1.54) is 11.4 Å². The third kappa shape index (κ3) is 3.20. The summed E-state index contributed by atoms with van der Waals surface area (Å²) in [5.74, 6) is 0. The second kappa shape index (κ2) is 6.57. The molecule has 0 aliphatic heterocycles. The number of aromatic nitrogens is 2. The van der Waals surface area contributed by atoms with Gasteiger partial charge in [0.15, 0.2) is 0 Å². The minimum absolute atomic E-state index is 0.578. The summed E-state index contributed by atoms with van der Waals surface area (Å²) in [4.78, 5) is 2.24.